The summed E-state index contributed by atoms with van der Waals surface area (Å²) in [6, 6.07) is 16.8. The van der Waals surface area contributed by atoms with Gasteiger partial charge in [-0.1, -0.05) is 48.5 Å². The molecule has 0 bridgehead atoms. The molecule has 0 saturated carbocycles. The number of fused-ring (bicyclic) bond motifs is 2. The summed E-state index contributed by atoms with van der Waals surface area (Å²) >= 11 is 0. The highest BCUT2D eigenvalue weighted by Crippen LogP contribution is 2.30. The maximum atomic E-state index is 13.1. The van der Waals surface area contributed by atoms with Crippen molar-refractivity contribution >= 4 is 22.6 Å². The predicted molar refractivity (Wildman–Crippen MR) is 93.3 cm³/mol. The fourth-order valence-electron chi connectivity index (χ4n) is 3.41. The van der Waals surface area contributed by atoms with Gasteiger partial charge in [0.25, 0.3) is 5.91 Å². The Bertz CT molecular complexity index is 978. The number of carbonyl (C=O) groups excluding carboxylic acids is 1. The molecule has 2 heterocycles. The van der Waals surface area contributed by atoms with Gasteiger partial charge in [0.05, 0.1) is 5.92 Å². The number of hydrogen-bond acceptors (Lipinski definition) is 3. The number of amides is 1. The van der Waals surface area contributed by atoms with E-state index in [1.165, 1.54) is 0 Å². The first-order chi connectivity index (χ1) is 12.1. The topological polar surface area (TPSA) is 70.5 Å². The number of rotatable bonds is 2. The molecule has 1 aliphatic heterocycles. The zero-order valence-corrected chi connectivity index (χ0v) is 13.4. The van der Waals surface area contributed by atoms with E-state index in [4.69, 9.17) is 0 Å². The standard InChI is InChI=1S/C20H16N2O3/c23-19(18-16-8-4-1-5-13(16)9-10-21-18)22-11-14-6-2-3-7-15(14)17(12-22)20(24)25/h1-10,17H,11-12H2,(H,24,25). The molecule has 25 heavy (non-hydrogen) atoms. The monoisotopic (exact) mass is 332 g/mol. The smallest absolute Gasteiger partial charge is 0.312 e. The zero-order chi connectivity index (χ0) is 17.4. The van der Waals surface area contributed by atoms with Crippen molar-refractivity contribution in [3.63, 3.8) is 0 Å². The normalized spacial score (nSPS) is 16.5. The largest absolute Gasteiger partial charge is 0.481 e. The molecule has 0 saturated heterocycles. The van der Waals surface area contributed by atoms with Crippen LogP contribution < -0.4 is 0 Å². The Morgan fingerprint density at radius 1 is 1.04 bits per heavy atom. The highest BCUT2D eigenvalue weighted by Gasteiger charge is 2.33. The highest BCUT2D eigenvalue weighted by atomic mass is 16.4. The maximum absolute atomic E-state index is 13.1. The van der Waals surface area contributed by atoms with Gasteiger partial charge in [0.2, 0.25) is 0 Å². The van der Waals surface area contributed by atoms with Crippen LogP contribution in [0.25, 0.3) is 10.8 Å². The second-order valence-electron chi connectivity index (χ2n) is 6.16. The Balaban J connectivity index is 1.75. The van der Waals surface area contributed by atoms with Gasteiger partial charge in [-0.25, -0.2) is 0 Å². The van der Waals surface area contributed by atoms with E-state index in [0.717, 1.165) is 21.9 Å². The Kier molecular flexibility index (Phi) is 3.69. The average molecular weight is 332 g/mol. The molecule has 4 rings (SSSR count). The van der Waals surface area contributed by atoms with Gasteiger partial charge in [0.15, 0.2) is 0 Å². The van der Waals surface area contributed by atoms with E-state index in [1.54, 1.807) is 11.1 Å². The molecule has 1 unspecified atom stereocenters. The van der Waals surface area contributed by atoms with Gasteiger partial charge in [-0.05, 0) is 22.6 Å². The lowest BCUT2D eigenvalue weighted by molar-refractivity contribution is -0.139. The number of hydrogen-bond donors (Lipinski definition) is 1. The summed E-state index contributed by atoms with van der Waals surface area (Å²) in [7, 11) is 0. The van der Waals surface area contributed by atoms with Gasteiger partial charge in [-0.3, -0.25) is 14.6 Å². The Labute approximate surface area is 144 Å². The van der Waals surface area contributed by atoms with Crippen LogP contribution in [0.15, 0.2) is 60.8 Å². The molecular weight excluding hydrogens is 316 g/mol. The number of benzene rings is 2. The molecule has 1 N–H and O–H groups in total. The lowest BCUT2D eigenvalue weighted by atomic mass is 9.89. The van der Waals surface area contributed by atoms with Crippen LogP contribution in [0.2, 0.25) is 0 Å². The third-order valence-corrected chi connectivity index (χ3v) is 4.66. The number of carbonyl (C=O) groups is 2. The molecule has 0 radical (unpaired) electrons. The molecule has 0 fully saturated rings. The van der Waals surface area contributed by atoms with Gasteiger partial charge >= 0.3 is 5.97 Å². The van der Waals surface area contributed by atoms with Crippen LogP contribution in [-0.4, -0.2) is 33.4 Å². The van der Waals surface area contributed by atoms with Crippen LogP contribution in [0.5, 0.6) is 0 Å². The van der Waals surface area contributed by atoms with Crippen molar-refractivity contribution in [1.29, 1.82) is 0 Å². The second kappa shape index (κ2) is 6.02. The summed E-state index contributed by atoms with van der Waals surface area (Å²) in [5.41, 5.74) is 2.02. The third-order valence-electron chi connectivity index (χ3n) is 4.66. The molecule has 1 aromatic heterocycles. The van der Waals surface area contributed by atoms with Crippen LogP contribution in [0.3, 0.4) is 0 Å². The van der Waals surface area contributed by atoms with E-state index in [2.05, 4.69) is 4.98 Å². The summed E-state index contributed by atoms with van der Waals surface area (Å²) < 4.78 is 0. The van der Waals surface area contributed by atoms with E-state index in [9.17, 15) is 14.7 Å². The Hall–Kier alpha value is -3.21. The van der Waals surface area contributed by atoms with Crippen LogP contribution in [0.4, 0.5) is 0 Å². The SMILES string of the molecule is O=C(O)C1CN(C(=O)c2nccc3ccccc23)Cc2ccccc21. The van der Waals surface area contributed by atoms with Crippen LogP contribution >= 0.6 is 0 Å². The summed E-state index contributed by atoms with van der Waals surface area (Å²) in [5, 5.41) is 11.3. The fourth-order valence-corrected chi connectivity index (χ4v) is 3.41. The molecule has 5 heteroatoms. The molecule has 124 valence electrons. The minimum absolute atomic E-state index is 0.149. The predicted octanol–water partition coefficient (Wildman–Crippen LogP) is 3.06. The first-order valence-corrected chi connectivity index (χ1v) is 8.09. The quantitative estimate of drug-likeness (QED) is 0.783. The van der Waals surface area contributed by atoms with Gasteiger partial charge in [-0.15, -0.1) is 0 Å². The molecule has 5 nitrogen and oxygen atoms in total. The molecule has 1 atom stereocenters. The van der Waals surface area contributed by atoms with E-state index < -0.39 is 11.9 Å². The van der Waals surface area contributed by atoms with Crippen molar-refractivity contribution in [2.75, 3.05) is 6.54 Å². The molecule has 1 amide bonds. The molecule has 1 aliphatic rings. The van der Waals surface area contributed by atoms with E-state index in [-0.39, 0.29) is 12.5 Å². The van der Waals surface area contributed by atoms with Gasteiger partial charge in [0.1, 0.15) is 5.69 Å². The van der Waals surface area contributed by atoms with Crippen molar-refractivity contribution in [1.82, 2.24) is 9.88 Å². The van der Waals surface area contributed by atoms with Crippen LogP contribution in [0.1, 0.15) is 27.5 Å². The zero-order valence-electron chi connectivity index (χ0n) is 13.4. The summed E-state index contributed by atoms with van der Waals surface area (Å²) in [4.78, 5) is 30.6. The number of carboxylic acid groups (broad SMARTS) is 1. The number of aromatic nitrogens is 1. The van der Waals surface area contributed by atoms with Crippen molar-refractivity contribution in [3.8, 4) is 0 Å². The molecule has 0 spiro atoms. The molecule has 3 aromatic rings. The Morgan fingerprint density at radius 3 is 2.64 bits per heavy atom. The van der Waals surface area contributed by atoms with Crippen LogP contribution in [0, 0.1) is 0 Å². The maximum Gasteiger partial charge on any atom is 0.312 e. The number of carboxylic acids is 1. The molecular formula is C20H16N2O3. The summed E-state index contributed by atoms with van der Waals surface area (Å²) in [6.07, 6.45) is 1.61. The lowest BCUT2D eigenvalue weighted by Crippen LogP contribution is -2.41. The highest BCUT2D eigenvalue weighted by molar-refractivity contribution is 6.05. The van der Waals surface area contributed by atoms with Crippen molar-refractivity contribution in [2.24, 2.45) is 0 Å². The molecule has 0 aliphatic carbocycles. The van der Waals surface area contributed by atoms with Gasteiger partial charge in [0, 0.05) is 24.7 Å². The Morgan fingerprint density at radius 2 is 1.80 bits per heavy atom. The van der Waals surface area contributed by atoms with Crippen molar-refractivity contribution < 1.29 is 14.7 Å². The number of pyridine rings is 1. The third kappa shape index (κ3) is 2.63. The molecule has 2 aromatic carbocycles. The van der Waals surface area contributed by atoms with Crippen LogP contribution in [-0.2, 0) is 11.3 Å². The van der Waals surface area contributed by atoms with E-state index in [0.29, 0.717) is 12.2 Å². The summed E-state index contributed by atoms with van der Waals surface area (Å²) in [5.74, 6) is -1.88. The first-order valence-electron chi connectivity index (χ1n) is 8.09. The number of aliphatic carboxylic acids is 1. The van der Waals surface area contributed by atoms with E-state index in [1.807, 2.05) is 54.6 Å². The van der Waals surface area contributed by atoms with Gasteiger partial charge in [-0.2, -0.15) is 0 Å². The van der Waals surface area contributed by atoms with Crippen molar-refractivity contribution in [3.05, 3.63) is 77.6 Å². The average Bonchev–Trinajstić information content (AvgIpc) is 2.66. The number of nitrogens with zero attached hydrogens (tertiary/aromatic N) is 2. The minimum atomic E-state index is -0.921. The fraction of sp³-hybridized carbons (Fsp3) is 0.150. The van der Waals surface area contributed by atoms with E-state index >= 15 is 0 Å². The minimum Gasteiger partial charge on any atom is -0.481 e. The van der Waals surface area contributed by atoms with Crippen molar-refractivity contribution in [2.45, 2.75) is 12.5 Å². The summed E-state index contributed by atoms with van der Waals surface area (Å²) in [6.45, 7) is 0.541. The first kappa shape index (κ1) is 15.3. The van der Waals surface area contributed by atoms with Gasteiger partial charge < -0.3 is 10.0 Å². The lowest BCUT2D eigenvalue weighted by Gasteiger charge is -2.32. The second-order valence-corrected chi connectivity index (χ2v) is 6.16.